The Labute approximate surface area is 90.8 Å². The molecule has 1 saturated carbocycles. The maximum Gasteiger partial charge on any atom is 0.150 e. The molecule has 0 spiro atoms. The van der Waals surface area contributed by atoms with Gasteiger partial charge in [-0.15, -0.1) is 0 Å². The van der Waals surface area contributed by atoms with Crippen LogP contribution < -0.4 is 0 Å². The molecule has 78 valence electrons. The fourth-order valence-corrected chi connectivity index (χ4v) is 2.08. The van der Waals surface area contributed by atoms with Gasteiger partial charge in [0.05, 0.1) is 0 Å². The Balaban J connectivity index is 2.00. The van der Waals surface area contributed by atoms with Crippen LogP contribution in [0.4, 0.5) is 0 Å². The summed E-state index contributed by atoms with van der Waals surface area (Å²) in [7, 11) is 0. The predicted molar refractivity (Wildman–Crippen MR) is 62.8 cm³/mol. The van der Waals surface area contributed by atoms with Crippen LogP contribution in [0, 0.1) is 5.92 Å². The molecule has 0 heterocycles. The Hall–Kier alpha value is -1.37. The third kappa shape index (κ3) is 2.79. The summed E-state index contributed by atoms with van der Waals surface area (Å²) in [6, 6.07) is 7.72. The zero-order chi connectivity index (χ0) is 10.5. The standard InChI is InChI=1S/C14H16O/c15-11-14-9-7-13(8-10-14)6-5-12-3-1-2-4-12/h5-12H,1-4H2. The molecule has 1 nitrogen and oxygen atoms in total. The van der Waals surface area contributed by atoms with E-state index in [9.17, 15) is 4.79 Å². The van der Waals surface area contributed by atoms with Gasteiger partial charge in [-0.2, -0.15) is 0 Å². The van der Waals surface area contributed by atoms with Crippen molar-refractivity contribution >= 4 is 12.4 Å². The molecule has 1 aliphatic rings. The van der Waals surface area contributed by atoms with Crippen molar-refractivity contribution in [1.82, 2.24) is 0 Å². The first kappa shape index (κ1) is 10.2. The second-order valence-electron chi connectivity index (χ2n) is 4.19. The molecule has 1 aromatic rings. The number of carbonyl (C=O) groups excluding carboxylic acids is 1. The molecule has 0 atom stereocenters. The van der Waals surface area contributed by atoms with E-state index in [4.69, 9.17) is 0 Å². The van der Waals surface area contributed by atoms with Gasteiger partial charge in [0.2, 0.25) is 0 Å². The highest BCUT2D eigenvalue weighted by Gasteiger charge is 2.10. The van der Waals surface area contributed by atoms with E-state index in [-0.39, 0.29) is 0 Å². The number of rotatable bonds is 3. The summed E-state index contributed by atoms with van der Waals surface area (Å²) in [5.41, 5.74) is 1.93. The number of hydrogen-bond acceptors (Lipinski definition) is 1. The molecule has 0 radical (unpaired) electrons. The smallest absolute Gasteiger partial charge is 0.150 e. The number of carbonyl (C=O) groups is 1. The van der Waals surface area contributed by atoms with Crippen molar-refractivity contribution in [2.24, 2.45) is 5.92 Å². The van der Waals surface area contributed by atoms with Crippen LogP contribution in [0.2, 0.25) is 0 Å². The van der Waals surface area contributed by atoms with E-state index in [1.54, 1.807) is 0 Å². The van der Waals surface area contributed by atoms with Gasteiger partial charge in [0, 0.05) is 5.56 Å². The summed E-state index contributed by atoms with van der Waals surface area (Å²) in [6.45, 7) is 0. The number of allylic oxidation sites excluding steroid dienone is 1. The molecule has 1 heteroatoms. The first-order chi connectivity index (χ1) is 7.38. The minimum atomic E-state index is 0.744. The van der Waals surface area contributed by atoms with Crippen LogP contribution in [0.3, 0.4) is 0 Å². The SMILES string of the molecule is O=Cc1ccc(C=CC2CCCC2)cc1. The summed E-state index contributed by atoms with van der Waals surface area (Å²) in [6.07, 6.45) is 10.8. The van der Waals surface area contributed by atoms with Crippen LogP contribution >= 0.6 is 0 Å². The van der Waals surface area contributed by atoms with Crippen molar-refractivity contribution in [3.05, 3.63) is 41.5 Å². The van der Waals surface area contributed by atoms with Crippen molar-refractivity contribution in [2.45, 2.75) is 25.7 Å². The topological polar surface area (TPSA) is 17.1 Å². The summed E-state index contributed by atoms with van der Waals surface area (Å²) >= 11 is 0. The molecular formula is C14H16O. The molecule has 0 unspecified atom stereocenters. The highest BCUT2D eigenvalue weighted by atomic mass is 16.1. The highest BCUT2D eigenvalue weighted by Crippen LogP contribution is 2.26. The van der Waals surface area contributed by atoms with Gasteiger partial charge in [-0.3, -0.25) is 4.79 Å². The summed E-state index contributed by atoms with van der Waals surface area (Å²) in [4.78, 5) is 10.5. The number of hydrogen-bond donors (Lipinski definition) is 0. The lowest BCUT2D eigenvalue weighted by Crippen LogP contribution is -1.85. The maximum absolute atomic E-state index is 10.5. The van der Waals surface area contributed by atoms with E-state index in [2.05, 4.69) is 12.2 Å². The van der Waals surface area contributed by atoms with Crippen molar-refractivity contribution in [1.29, 1.82) is 0 Å². The fraction of sp³-hybridized carbons (Fsp3) is 0.357. The van der Waals surface area contributed by atoms with Gasteiger partial charge in [-0.05, 0) is 24.3 Å². The van der Waals surface area contributed by atoms with Crippen molar-refractivity contribution < 1.29 is 4.79 Å². The largest absolute Gasteiger partial charge is 0.298 e. The molecule has 0 aromatic heterocycles. The first-order valence-corrected chi connectivity index (χ1v) is 5.62. The fourth-order valence-electron chi connectivity index (χ4n) is 2.08. The Morgan fingerprint density at radius 3 is 2.20 bits per heavy atom. The van der Waals surface area contributed by atoms with E-state index in [0.29, 0.717) is 0 Å². The van der Waals surface area contributed by atoms with Gasteiger partial charge in [0.15, 0.2) is 0 Å². The minimum Gasteiger partial charge on any atom is -0.298 e. The molecule has 1 aliphatic carbocycles. The van der Waals surface area contributed by atoms with Gasteiger partial charge in [0.25, 0.3) is 0 Å². The second-order valence-corrected chi connectivity index (χ2v) is 4.19. The molecule has 0 bridgehead atoms. The van der Waals surface area contributed by atoms with Gasteiger partial charge < -0.3 is 0 Å². The average molecular weight is 200 g/mol. The number of benzene rings is 1. The van der Waals surface area contributed by atoms with E-state index >= 15 is 0 Å². The quantitative estimate of drug-likeness (QED) is 0.680. The molecule has 0 amide bonds. The van der Waals surface area contributed by atoms with Crippen LogP contribution in [-0.2, 0) is 0 Å². The Morgan fingerprint density at radius 1 is 1.00 bits per heavy atom. The zero-order valence-electron chi connectivity index (χ0n) is 8.86. The third-order valence-corrected chi connectivity index (χ3v) is 3.03. The van der Waals surface area contributed by atoms with Crippen LogP contribution in [0.5, 0.6) is 0 Å². The van der Waals surface area contributed by atoms with Gasteiger partial charge >= 0.3 is 0 Å². The van der Waals surface area contributed by atoms with Crippen LogP contribution in [0.25, 0.3) is 6.08 Å². The zero-order valence-corrected chi connectivity index (χ0v) is 8.86. The minimum absolute atomic E-state index is 0.744. The Bertz CT molecular complexity index is 342. The van der Waals surface area contributed by atoms with E-state index in [1.165, 1.54) is 31.2 Å². The van der Waals surface area contributed by atoms with Crippen molar-refractivity contribution in [3.63, 3.8) is 0 Å². The Kier molecular flexibility index (Phi) is 3.33. The summed E-state index contributed by atoms with van der Waals surface area (Å²) in [5, 5.41) is 0. The van der Waals surface area contributed by atoms with Crippen LogP contribution in [0.1, 0.15) is 41.6 Å². The van der Waals surface area contributed by atoms with Gasteiger partial charge in [-0.1, -0.05) is 49.3 Å². The van der Waals surface area contributed by atoms with E-state index in [1.807, 2.05) is 24.3 Å². The van der Waals surface area contributed by atoms with Crippen molar-refractivity contribution in [2.75, 3.05) is 0 Å². The first-order valence-electron chi connectivity index (χ1n) is 5.62. The number of aldehydes is 1. The molecule has 2 rings (SSSR count). The molecule has 1 aromatic carbocycles. The molecule has 0 N–H and O–H groups in total. The third-order valence-electron chi connectivity index (χ3n) is 3.03. The van der Waals surface area contributed by atoms with E-state index in [0.717, 1.165) is 17.8 Å². The average Bonchev–Trinajstić information content (AvgIpc) is 2.80. The molecule has 1 fully saturated rings. The normalized spacial score (nSPS) is 17.3. The van der Waals surface area contributed by atoms with Crippen LogP contribution in [-0.4, -0.2) is 6.29 Å². The molecule has 0 aliphatic heterocycles. The van der Waals surface area contributed by atoms with Gasteiger partial charge in [0.1, 0.15) is 6.29 Å². The second kappa shape index (κ2) is 4.92. The maximum atomic E-state index is 10.5. The summed E-state index contributed by atoms with van der Waals surface area (Å²) in [5.74, 6) is 0.774. The predicted octanol–water partition coefficient (Wildman–Crippen LogP) is 3.70. The Morgan fingerprint density at radius 2 is 1.60 bits per heavy atom. The van der Waals surface area contributed by atoms with Crippen molar-refractivity contribution in [3.8, 4) is 0 Å². The molecule has 0 saturated heterocycles. The van der Waals surface area contributed by atoms with Gasteiger partial charge in [-0.25, -0.2) is 0 Å². The lowest BCUT2D eigenvalue weighted by Gasteiger charge is -2.00. The lowest BCUT2D eigenvalue weighted by molar-refractivity contribution is 0.112. The molecule has 15 heavy (non-hydrogen) atoms. The highest BCUT2D eigenvalue weighted by molar-refractivity contribution is 5.75. The monoisotopic (exact) mass is 200 g/mol. The van der Waals surface area contributed by atoms with E-state index < -0.39 is 0 Å². The lowest BCUT2D eigenvalue weighted by atomic mass is 10.1. The summed E-state index contributed by atoms with van der Waals surface area (Å²) < 4.78 is 0. The molecular weight excluding hydrogens is 184 g/mol. The van der Waals surface area contributed by atoms with Crippen LogP contribution in [0.15, 0.2) is 30.3 Å².